The highest BCUT2D eigenvalue weighted by Crippen LogP contribution is 2.30. The molecule has 0 amide bonds. The lowest BCUT2D eigenvalue weighted by atomic mass is 10.0. The number of nitrogens with zero attached hydrogens (tertiary/aromatic N) is 3. The number of benzene rings is 1. The van der Waals surface area contributed by atoms with Crippen molar-refractivity contribution in [2.75, 3.05) is 32.8 Å². The summed E-state index contributed by atoms with van der Waals surface area (Å²) in [5.74, 6) is -1.24. The van der Waals surface area contributed by atoms with Crippen molar-refractivity contribution in [2.45, 2.75) is 13.5 Å². The summed E-state index contributed by atoms with van der Waals surface area (Å²) in [4.78, 5) is 31.7. The number of ketones is 1. The van der Waals surface area contributed by atoms with Crippen LogP contribution in [0.2, 0.25) is 0 Å². The van der Waals surface area contributed by atoms with Crippen molar-refractivity contribution in [2.24, 2.45) is 0 Å². The Morgan fingerprint density at radius 3 is 2.53 bits per heavy atom. The molecule has 1 fully saturated rings. The zero-order valence-electron chi connectivity index (χ0n) is 16.6. The third kappa shape index (κ3) is 3.83. The van der Waals surface area contributed by atoms with Gasteiger partial charge in [-0.05, 0) is 30.7 Å². The standard InChI is InChI=1S/C22H22FN3O4/c1-14(27)19-20(28)18-12-16(15-2-4-17(23)5-3-15)13-24-21(18)26(22(19)29)7-6-25-8-10-30-11-9-25/h2-5,12-13,28H,6-11H2,1H3. The normalized spacial score (nSPS) is 14.9. The van der Waals surface area contributed by atoms with Gasteiger partial charge >= 0.3 is 0 Å². The fourth-order valence-corrected chi connectivity index (χ4v) is 3.71. The number of carbonyl (C=O) groups excluding carboxylic acids is 1. The van der Waals surface area contributed by atoms with E-state index in [0.29, 0.717) is 48.5 Å². The van der Waals surface area contributed by atoms with Gasteiger partial charge in [0.25, 0.3) is 5.56 Å². The predicted molar refractivity (Wildman–Crippen MR) is 110 cm³/mol. The van der Waals surface area contributed by atoms with Crippen LogP contribution >= 0.6 is 0 Å². The third-order valence-electron chi connectivity index (χ3n) is 5.35. The number of fused-ring (bicyclic) bond motifs is 1. The molecule has 0 saturated carbocycles. The first-order valence-corrected chi connectivity index (χ1v) is 9.78. The van der Waals surface area contributed by atoms with E-state index in [1.54, 1.807) is 24.4 Å². The molecule has 0 unspecified atom stereocenters. The number of morpholine rings is 1. The van der Waals surface area contributed by atoms with E-state index in [1.807, 2.05) is 0 Å². The maximum absolute atomic E-state index is 13.3. The fraction of sp³-hybridized carbons (Fsp3) is 0.318. The van der Waals surface area contributed by atoms with Gasteiger partial charge in [-0.25, -0.2) is 9.37 Å². The molecule has 0 radical (unpaired) electrons. The first kappa shape index (κ1) is 20.2. The average Bonchev–Trinajstić information content (AvgIpc) is 2.74. The number of halogens is 1. The zero-order chi connectivity index (χ0) is 21.3. The Kier molecular flexibility index (Phi) is 5.61. The van der Waals surface area contributed by atoms with Crippen LogP contribution < -0.4 is 5.56 Å². The van der Waals surface area contributed by atoms with Crippen LogP contribution in [0.4, 0.5) is 4.39 Å². The van der Waals surface area contributed by atoms with E-state index in [0.717, 1.165) is 13.1 Å². The number of carbonyl (C=O) groups is 1. The van der Waals surface area contributed by atoms with Crippen LogP contribution in [0.25, 0.3) is 22.2 Å². The molecule has 0 atom stereocenters. The van der Waals surface area contributed by atoms with E-state index < -0.39 is 11.3 Å². The largest absolute Gasteiger partial charge is 0.506 e. The summed E-state index contributed by atoms with van der Waals surface area (Å²) in [6, 6.07) is 7.56. The summed E-state index contributed by atoms with van der Waals surface area (Å²) in [6.45, 7) is 5.01. The van der Waals surface area contributed by atoms with E-state index in [9.17, 15) is 19.1 Å². The van der Waals surface area contributed by atoms with Gasteiger partial charge in [0, 0.05) is 37.9 Å². The SMILES string of the molecule is CC(=O)c1c(O)c2cc(-c3ccc(F)cc3)cnc2n(CCN2CCOCC2)c1=O. The van der Waals surface area contributed by atoms with Crippen LogP contribution in [0.3, 0.4) is 0 Å². The summed E-state index contributed by atoms with van der Waals surface area (Å²) in [7, 11) is 0. The Bertz CT molecular complexity index is 1150. The molecular weight excluding hydrogens is 389 g/mol. The molecule has 2 aromatic heterocycles. The second-order valence-electron chi connectivity index (χ2n) is 7.29. The van der Waals surface area contributed by atoms with Crippen molar-refractivity contribution < 1.29 is 19.0 Å². The number of rotatable bonds is 5. The molecule has 0 aliphatic carbocycles. The molecule has 3 aromatic rings. The van der Waals surface area contributed by atoms with Gasteiger partial charge in [0.1, 0.15) is 22.8 Å². The lowest BCUT2D eigenvalue weighted by molar-refractivity contribution is 0.0364. The minimum Gasteiger partial charge on any atom is -0.506 e. The molecule has 1 N–H and O–H groups in total. The van der Waals surface area contributed by atoms with Crippen LogP contribution in [0, 0.1) is 5.82 Å². The van der Waals surface area contributed by atoms with Gasteiger partial charge < -0.3 is 9.84 Å². The number of pyridine rings is 2. The first-order chi connectivity index (χ1) is 14.5. The molecule has 3 heterocycles. The van der Waals surface area contributed by atoms with Gasteiger partial charge in [-0.15, -0.1) is 0 Å². The Balaban J connectivity index is 1.82. The van der Waals surface area contributed by atoms with Crippen LogP contribution in [0.1, 0.15) is 17.3 Å². The van der Waals surface area contributed by atoms with Crippen LogP contribution in [-0.4, -0.2) is 58.2 Å². The summed E-state index contributed by atoms with van der Waals surface area (Å²) in [5, 5.41) is 11.0. The van der Waals surface area contributed by atoms with Crippen molar-refractivity contribution in [1.29, 1.82) is 0 Å². The number of hydrogen-bond donors (Lipinski definition) is 1. The third-order valence-corrected chi connectivity index (χ3v) is 5.35. The van der Waals surface area contributed by atoms with Crippen molar-refractivity contribution in [3.05, 3.63) is 58.3 Å². The summed E-state index contributed by atoms with van der Waals surface area (Å²) in [6.07, 6.45) is 1.58. The second kappa shape index (κ2) is 8.33. The highest BCUT2D eigenvalue weighted by molar-refractivity contribution is 6.02. The van der Waals surface area contributed by atoms with Gasteiger partial charge in [-0.2, -0.15) is 0 Å². The van der Waals surface area contributed by atoms with Gasteiger partial charge in [0.05, 0.1) is 18.6 Å². The highest BCUT2D eigenvalue weighted by atomic mass is 19.1. The lowest BCUT2D eigenvalue weighted by Gasteiger charge is -2.27. The van der Waals surface area contributed by atoms with E-state index >= 15 is 0 Å². The smallest absolute Gasteiger partial charge is 0.266 e. The molecule has 4 rings (SSSR count). The minimum absolute atomic E-state index is 0.248. The number of hydrogen-bond acceptors (Lipinski definition) is 6. The molecule has 0 bridgehead atoms. The Hall–Kier alpha value is -3.10. The molecule has 7 nitrogen and oxygen atoms in total. The van der Waals surface area contributed by atoms with E-state index in [-0.39, 0.29) is 17.1 Å². The van der Waals surface area contributed by atoms with Gasteiger partial charge in [0.2, 0.25) is 0 Å². The highest BCUT2D eigenvalue weighted by Gasteiger charge is 2.21. The molecule has 8 heteroatoms. The Labute approximate surface area is 172 Å². The van der Waals surface area contributed by atoms with Crippen molar-refractivity contribution in [3.8, 4) is 16.9 Å². The van der Waals surface area contributed by atoms with Crippen LogP contribution in [0.15, 0.2) is 41.3 Å². The van der Waals surface area contributed by atoms with Crippen molar-refractivity contribution >= 4 is 16.8 Å². The quantitative estimate of drug-likeness (QED) is 0.650. The van der Waals surface area contributed by atoms with Crippen molar-refractivity contribution in [1.82, 2.24) is 14.5 Å². The molecule has 156 valence electrons. The fourth-order valence-electron chi connectivity index (χ4n) is 3.71. The molecule has 0 spiro atoms. The summed E-state index contributed by atoms with van der Waals surface area (Å²) < 4.78 is 20.0. The van der Waals surface area contributed by atoms with Crippen LogP contribution in [0.5, 0.6) is 5.75 Å². The van der Waals surface area contributed by atoms with Crippen molar-refractivity contribution in [3.63, 3.8) is 0 Å². The first-order valence-electron chi connectivity index (χ1n) is 9.78. The minimum atomic E-state index is -0.553. The molecule has 30 heavy (non-hydrogen) atoms. The van der Waals surface area contributed by atoms with Gasteiger partial charge in [-0.3, -0.25) is 19.1 Å². The number of Topliss-reactive ketones (excluding diaryl/α,β-unsaturated/α-hetero) is 1. The van der Waals surface area contributed by atoms with E-state index in [2.05, 4.69) is 9.88 Å². The van der Waals surface area contributed by atoms with Gasteiger partial charge in [0.15, 0.2) is 5.78 Å². The monoisotopic (exact) mass is 411 g/mol. The van der Waals surface area contributed by atoms with Crippen LogP contribution in [-0.2, 0) is 11.3 Å². The zero-order valence-corrected chi connectivity index (χ0v) is 16.6. The molecule has 1 aromatic carbocycles. The molecule has 1 saturated heterocycles. The molecular formula is C22H22FN3O4. The molecule has 1 aliphatic heterocycles. The predicted octanol–water partition coefficient (Wildman–Crippen LogP) is 2.44. The maximum atomic E-state index is 13.3. The summed E-state index contributed by atoms with van der Waals surface area (Å²) >= 11 is 0. The number of aromatic nitrogens is 2. The van der Waals surface area contributed by atoms with E-state index in [4.69, 9.17) is 4.74 Å². The second-order valence-corrected chi connectivity index (χ2v) is 7.29. The Morgan fingerprint density at radius 1 is 1.17 bits per heavy atom. The van der Waals surface area contributed by atoms with Gasteiger partial charge in [-0.1, -0.05) is 12.1 Å². The topological polar surface area (TPSA) is 84.7 Å². The van der Waals surface area contributed by atoms with E-state index in [1.165, 1.54) is 23.6 Å². The number of aromatic hydroxyl groups is 1. The lowest BCUT2D eigenvalue weighted by Crippen LogP contribution is -2.39. The summed E-state index contributed by atoms with van der Waals surface area (Å²) in [5.41, 5.74) is 0.860. The maximum Gasteiger partial charge on any atom is 0.266 e. The molecule has 1 aliphatic rings. The number of ether oxygens (including phenoxy) is 1. The Morgan fingerprint density at radius 2 is 1.87 bits per heavy atom. The average molecular weight is 411 g/mol.